The summed E-state index contributed by atoms with van der Waals surface area (Å²) in [6.45, 7) is 4.47. The highest BCUT2D eigenvalue weighted by atomic mass is 14.4. The highest BCUT2D eigenvalue weighted by Crippen LogP contribution is 2.34. The maximum atomic E-state index is 8.86. The number of hydrogen-bond donors (Lipinski definition) is 0. The molecule has 0 aromatic heterocycles. The summed E-state index contributed by atoms with van der Waals surface area (Å²) in [5, 5.41) is 8.86. The van der Waals surface area contributed by atoms with Gasteiger partial charge in [0.25, 0.3) is 0 Å². The Hall–Kier alpha value is -0.510. The molecule has 1 saturated carbocycles. The number of hydrogen-bond acceptors (Lipinski definition) is 1. The van der Waals surface area contributed by atoms with E-state index in [2.05, 4.69) is 19.9 Å². The summed E-state index contributed by atoms with van der Waals surface area (Å²) in [4.78, 5) is 0. The van der Waals surface area contributed by atoms with Crippen molar-refractivity contribution in [3.05, 3.63) is 0 Å². The summed E-state index contributed by atoms with van der Waals surface area (Å²) in [5.74, 6) is 1.72. The molecule has 0 spiro atoms. The van der Waals surface area contributed by atoms with E-state index in [0.29, 0.717) is 17.8 Å². The fraction of sp³-hybridized carbons (Fsp3) is 0.900. The molecule has 1 nitrogen and oxygen atoms in total. The molecule has 0 bridgehead atoms. The molecule has 1 aliphatic carbocycles. The lowest BCUT2D eigenvalue weighted by Crippen LogP contribution is -2.22. The number of nitriles is 1. The lowest BCUT2D eigenvalue weighted by molar-refractivity contribution is 0.223. The highest BCUT2D eigenvalue weighted by molar-refractivity contribution is 4.91. The molecule has 1 unspecified atom stereocenters. The molecule has 0 saturated heterocycles. The van der Waals surface area contributed by atoms with Crippen LogP contribution in [0.4, 0.5) is 0 Å². The van der Waals surface area contributed by atoms with Crippen LogP contribution in [0.25, 0.3) is 0 Å². The van der Waals surface area contributed by atoms with Crippen molar-refractivity contribution >= 4 is 0 Å². The summed E-state index contributed by atoms with van der Waals surface area (Å²) < 4.78 is 0. The van der Waals surface area contributed by atoms with Gasteiger partial charge in [0.15, 0.2) is 0 Å². The van der Waals surface area contributed by atoms with Gasteiger partial charge in [-0.15, -0.1) is 0 Å². The monoisotopic (exact) mass is 151 g/mol. The molecule has 0 aromatic carbocycles. The Bertz CT molecular complexity index is 155. The van der Waals surface area contributed by atoms with Crippen molar-refractivity contribution in [2.75, 3.05) is 0 Å². The van der Waals surface area contributed by atoms with Gasteiger partial charge in [-0.2, -0.15) is 5.26 Å². The van der Waals surface area contributed by atoms with Gasteiger partial charge < -0.3 is 0 Å². The lowest BCUT2D eigenvalue weighted by atomic mass is 9.74. The minimum absolute atomic E-state index is 0.351. The van der Waals surface area contributed by atoms with Crippen LogP contribution in [0.5, 0.6) is 0 Å². The van der Waals surface area contributed by atoms with Gasteiger partial charge in [-0.25, -0.2) is 0 Å². The van der Waals surface area contributed by atoms with Crippen molar-refractivity contribution in [2.45, 2.75) is 39.5 Å². The Morgan fingerprint density at radius 1 is 1.27 bits per heavy atom. The molecule has 0 aliphatic heterocycles. The number of rotatable bonds is 1. The molecule has 0 amide bonds. The second kappa shape index (κ2) is 3.76. The minimum atomic E-state index is 0.351. The van der Waals surface area contributed by atoms with Crippen LogP contribution < -0.4 is 0 Å². The molecule has 0 N–H and O–H groups in total. The summed E-state index contributed by atoms with van der Waals surface area (Å²) in [5.41, 5.74) is 0. The third-order valence-electron chi connectivity index (χ3n) is 2.84. The van der Waals surface area contributed by atoms with Gasteiger partial charge in [-0.1, -0.05) is 26.7 Å². The van der Waals surface area contributed by atoms with Crippen LogP contribution in [0, 0.1) is 29.1 Å². The first-order valence-corrected chi connectivity index (χ1v) is 4.65. The zero-order chi connectivity index (χ0) is 8.27. The van der Waals surface area contributed by atoms with Gasteiger partial charge in [0.05, 0.1) is 6.07 Å². The zero-order valence-electron chi connectivity index (χ0n) is 7.51. The molecule has 0 heterocycles. The standard InChI is InChI=1S/C10H17N/c1-8(2)10-6-4-3-5-9(10)7-11/h8-10H,3-6H2,1-2H3/t9-,10?/m1/s1. The molecule has 1 fully saturated rings. The van der Waals surface area contributed by atoms with Crippen molar-refractivity contribution in [1.82, 2.24) is 0 Å². The van der Waals surface area contributed by atoms with E-state index in [0.717, 1.165) is 6.42 Å². The van der Waals surface area contributed by atoms with Crippen LogP contribution in [0.3, 0.4) is 0 Å². The van der Waals surface area contributed by atoms with Gasteiger partial charge in [-0.05, 0) is 24.7 Å². The predicted molar refractivity (Wildman–Crippen MR) is 45.9 cm³/mol. The van der Waals surface area contributed by atoms with Crippen molar-refractivity contribution < 1.29 is 0 Å². The Balaban J connectivity index is 2.53. The third kappa shape index (κ3) is 1.96. The van der Waals surface area contributed by atoms with E-state index >= 15 is 0 Å². The van der Waals surface area contributed by atoms with Crippen LogP contribution in [0.1, 0.15) is 39.5 Å². The molecule has 0 aromatic rings. The molecular weight excluding hydrogens is 134 g/mol. The Kier molecular flexibility index (Phi) is 2.93. The molecule has 11 heavy (non-hydrogen) atoms. The summed E-state index contributed by atoms with van der Waals surface area (Å²) >= 11 is 0. The quantitative estimate of drug-likeness (QED) is 0.565. The lowest BCUT2D eigenvalue weighted by Gasteiger charge is -2.29. The first-order chi connectivity index (χ1) is 5.25. The fourth-order valence-corrected chi connectivity index (χ4v) is 2.12. The molecule has 62 valence electrons. The summed E-state index contributed by atoms with van der Waals surface area (Å²) in [6.07, 6.45) is 5.01. The average Bonchev–Trinajstić information content (AvgIpc) is 2.04. The van der Waals surface area contributed by atoms with Crippen LogP contribution in [0.15, 0.2) is 0 Å². The first kappa shape index (κ1) is 8.59. The third-order valence-corrected chi connectivity index (χ3v) is 2.84. The smallest absolute Gasteiger partial charge is 0.0658 e. The Labute approximate surface area is 69.4 Å². The fourth-order valence-electron chi connectivity index (χ4n) is 2.12. The maximum absolute atomic E-state index is 8.86. The Morgan fingerprint density at radius 3 is 2.36 bits per heavy atom. The summed E-state index contributed by atoms with van der Waals surface area (Å²) in [7, 11) is 0. The molecule has 1 heteroatoms. The van der Waals surface area contributed by atoms with Gasteiger partial charge in [0, 0.05) is 5.92 Å². The van der Waals surface area contributed by atoms with Gasteiger partial charge >= 0.3 is 0 Å². The van der Waals surface area contributed by atoms with Crippen LogP contribution in [-0.4, -0.2) is 0 Å². The largest absolute Gasteiger partial charge is 0.198 e. The zero-order valence-corrected chi connectivity index (χ0v) is 7.51. The van der Waals surface area contributed by atoms with E-state index < -0.39 is 0 Å². The second-order valence-corrected chi connectivity index (χ2v) is 3.93. The van der Waals surface area contributed by atoms with Crippen molar-refractivity contribution in [2.24, 2.45) is 17.8 Å². The van der Waals surface area contributed by atoms with Crippen molar-refractivity contribution in [3.8, 4) is 6.07 Å². The molecule has 1 rings (SSSR count). The highest BCUT2D eigenvalue weighted by Gasteiger charge is 2.26. The normalized spacial score (nSPS) is 31.8. The van der Waals surface area contributed by atoms with E-state index in [1.165, 1.54) is 19.3 Å². The van der Waals surface area contributed by atoms with Crippen LogP contribution in [-0.2, 0) is 0 Å². The van der Waals surface area contributed by atoms with Gasteiger partial charge in [0.2, 0.25) is 0 Å². The van der Waals surface area contributed by atoms with Crippen molar-refractivity contribution in [3.63, 3.8) is 0 Å². The SMILES string of the molecule is CC(C)C1CCCC[C@@H]1C#N. The van der Waals surface area contributed by atoms with Crippen LogP contribution >= 0.6 is 0 Å². The molecule has 1 aliphatic rings. The van der Waals surface area contributed by atoms with Crippen molar-refractivity contribution in [1.29, 1.82) is 5.26 Å². The van der Waals surface area contributed by atoms with E-state index in [-0.39, 0.29) is 0 Å². The summed E-state index contributed by atoms with van der Waals surface area (Å²) in [6, 6.07) is 2.44. The predicted octanol–water partition coefficient (Wildman–Crippen LogP) is 2.97. The molecular formula is C10H17N. The average molecular weight is 151 g/mol. The van der Waals surface area contributed by atoms with Gasteiger partial charge in [0.1, 0.15) is 0 Å². The minimum Gasteiger partial charge on any atom is -0.198 e. The van der Waals surface area contributed by atoms with E-state index in [9.17, 15) is 0 Å². The van der Waals surface area contributed by atoms with Crippen LogP contribution in [0.2, 0.25) is 0 Å². The molecule has 2 atom stereocenters. The second-order valence-electron chi connectivity index (χ2n) is 3.93. The maximum Gasteiger partial charge on any atom is 0.0658 e. The van der Waals surface area contributed by atoms with Gasteiger partial charge in [-0.3, -0.25) is 0 Å². The van der Waals surface area contributed by atoms with E-state index in [1.54, 1.807) is 0 Å². The van der Waals surface area contributed by atoms with E-state index in [1.807, 2.05) is 0 Å². The topological polar surface area (TPSA) is 23.8 Å². The Morgan fingerprint density at radius 2 is 1.91 bits per heavy atom. The number of nitrogens with zero attached hydrogens (tertiary/aromatic N) is 1. The first-order valence-electron chi connectivity index (χ1n) is 4.65. The molecule has 0 radical (unpaired) electrons. The van der Waals surface area contributed by atoms with E-state index in [4.69, 9.17) is 5.26 Å².